The minimum absolute atomic E-state index is 0.156. The summed E-state index contributed by atoms with van der Waals surface area (Å²) in [7, 11) is 0. The van der Waals surface area contributed by atoms with Crippen molar-refractivity contribution < 1.29 is 24.0 Å². The van der Waals surface area contributed by atoms with Crippen LogP contribution in [-0.4, -0.2) is 45.6 Å². The van der Waals surface area contributed by atoms with Crippen LogP contribution in [0.15, 0.2) is 53.6 Å². The molecule has 0 N–H and O–H groups in total. The van der Waals surface area contributed by atoms with Crippen molar-refractivity contribution >= 4 is 35.4 Å². The smallest absolute Gasteiger partial charge is 0.331 e. The van der Waals surface area contributed by atoms with Crippen LogP contribution in [0, 0.1) is 22.0 Å². The minimum atomic E-state index is -1.08. The van der Waals surface area contributed by atoms with Crippen LogP contribution in [-0.2, 0) is 19.1 Å². The summed E-state index contributed by atoms with van der Waals surface area (Å²) in [5.41, 5.74) is 0.867. The maximum atomic E-state index is 13.7. The van der Waals surface area contributed by atoms with Crippen LogP contribution in [0.3, 0.4) is 0 Å². The highest BCUT2D eigenvalue weighted by atomic mass is 16.6. The predicted molar refractivity (Wildman–Crippen MR) is 121 cm³/mol. The number of carbonyl (C=O) groups is 3. The average molecular weight is 462 g/mol. The van der Waals surface area contributed by atoms with Gasteiger partial charge in [-0.3, -0.25) is 24.7 Å². The fourth-order valence-electron chi connectivity index (χ4n) is 4.98. The third-order valence-electron chi connectivity index (χ3n) is 6.26. The molecule has 0 radical (unpaired) electrons. The van der Waals surface area contributed by atoms with Crippen molar-refractivity contribution in [1.82, 2.24) is 5.01 Å². The highest BCUT2D eigenvalue weighted by Crippen LogP contribution is 2.52. The number of nitro groups is 1. The first-order chi connectivity index (χ1) is 16.1. The number of anilines is 1. The molecule has 2 aromatic carbocycles. The van der Waals surface area contributed by atoms with Crippen LogP contribution >= 0.6 is 0 Å². The quantitative estimate of drug-likeness (QED) is 0.297. The van der Waals surface area contributed by atoms with Gasteiger partial charge in [-0.25, -0.2) is 9.69 Å². The Hall–Kier alpha value is -4.08. The molecule has 34 heavy (non-hydrogen) atoms. The van der Waals surface area contributed by atoms with Crippen molar-refractivity contribution in [3.8, 4) is 0 Å². The highest BCUT2D eigenvalue weighted by Gasteiger charge is 2.66. The Morgan fingerprint density at radius 1 is 1.03 bits per heavy atom. The molecular formula is C24H22N4O6. The molecule has 5 rings (SSSR count). The lowest BCUT2D eigenvalue weighted by Crippen LogP contribution is -2.46. The summed E-state index contributed by atoms with van der Waals surface area (Å²) in [6.45, 7) is 5.19. The number of esters is 1. The molecule has 3 heterocycles. The molecule has 10 heteroatoms. The van der Waals surface area contributed by atoms with Gasteiger partial charge in [0.2, 0.25) is 11.8 Å². The van der Waals surface area contributed by atoms with Gasteiger partial charge in [0.05, 0.1) is 34.7 Å². The number of hydrogen-bond acceptors (Lipinski definition) is 8. The Balaban J connectivity index is 1.60. The lowest BCUT2D eigenvalue weighted by molar-refractivity contribution is -0.384. The SMILES string of the molecule is CC(C)(C)OC(=O)[C@@H]1[C@@H]2C(=O)N(c3ccc([N+](=O)[O-])cc3)C(=O)[C@@H]2C2c3ccccc3C=NN21. The number of hydrogen-bond donors (Lipinski definition) is 0. The molecule has 2 aromatic rings. The first kappa shape index (κ1) is 21.7. The molecule has 2 fully saturated rings. The fraction of sp³-hybridized carbons (Fsp3) is 0.333. The van der Waals surface area contributed by atoms with E-state index in [1.165, 1.54) is 29.3 Å². The standard InChI is InChI=1S/C24H22N4O6/c1-24(2,3)34-23(31)20-18-17(19-16-7-5-4-6-13(16)12-25-27(19)20)21(29)26(22(18)30)14-8-10-15(11-9-14)28(32)33/h4-12,17-20H,1-3H3/t17-,18+,19?,20-/m0/s1. The Labute approximate surface area is 194 Å². The van der Waals surface area contributed by atoms with Crippen molar-refractivity contribution in [1.29, 1.82) is 0 Å². The van der Waals surface area contributed by atoms with E-state index in [1.807, 2.05) is 24.3 Å². The average Bonchev–Trinajstić information content (AvgIpc) is 3.25. The van der Waals surface area contributed by atoms with Crippen molar-refractivity contribution in [3.05, 3.63) is 69.8 Å². The van der Waals surface area contributed by atoms with Crippen LogP contribution in [0.5, 0.6) is 0 Å². The van der Waals surface area contributed by atoms with E-state index in [4.69, 9.17) is 4.74 Å². The van der Waals surface area contributed by atoms with E-state index in [0.717, 1.165) is 16.0 Å². The Bertz CT molecular complexity index is 1250. The summed E-state index contributed by atoms with van der Waals surface area (Å²) in [5.74, 6) is -3.53. The zero-order chi connectivity index (χ0) is 24.4. The number of ether oxygens (including phenoxy) is 1. The highest BCUT2D eigenvalue weighted by molar-refractivity contribution is 6.24. The zero-order valence-electron chi connectivity index (χ0n) is 18.7. The first-order valence-electron chi connectivity index (χ1n) is 10.8. The maximum absolute atomic E-state index is 13.7. The van der Waals surface area contributed by atoms with Gasteiger partial charge in [-0.15, -0.1) is 0 Å². The van der Waals surface area contributed by atoms with Gasteiger partial charge in [0.25, 0.3) is 5.69 Å². The number of hydrazone groups is 1. The molecule has 0 aromatic heterocycles. The van der Waals surface area contributed by atoms with Crippen molar-refractivity contribution in [2.45, 2.75) is 38.5 Å². The van der Waals surface area contributed by atoms with Gasteiger partial charge >= 0.3 is 5.97 Å². The molecule has 1 unspecified atom stereocenters. The molecule has 0 bridgehead atoms. The summed E-state index contributed by atoms with van der Waals surface area (Å²) in [5, 5.41) is 17.0. The van der Waals surface area contributed by atoms with Gasteiger partial charge in [-0.2, -0.15) is 5.10 Å². The van der Waals surface area contributed by atoms with E-state index >= 15 is 0 Å². The third-order valence-corrected chi connectivity index (χ3v) is 6.26. The molecule has 174 valence electrons. The summed E-state index contributed by atoms with van der Waals surface area (Å²) < 4.78 is 5.62. The van der Waals surface area contributed by atoms with E-state index in [-0.39, 0.29) is 11.4 Å². The summed E-state index contributed by atoms with van der Waals surface area (Å²) >= 11 is 0. The van der Waals surface area contributed by atoms with Gasteiger partial charge in [0, 0.05) is 12.1 Å². The fourth-order valence-corrected chi connectivity index (χ4v) is 4.98. The Kier molecular flexibility index (Phi) is 4.78. The molecule has 0 aliphatic carbocycles. The number of fused-ring (bicyclic) bond motifs is 5. The topological polar surface area (TPSA) is 122 Å². The van der Waals surface area contributed by atoms with Gasteiger partial charge in [0.15, 0.2) is 6.04 Å². The van der Waals surface area contributed by atoms with E-state index < -0.39 is 52.2 Å². The lowest BCUT2D eigenvalue weighted by atomic mass is 9.85. The molecule has 3 aliphatic rings. The summed E-state index contributed by atoms with van der Waals surface area (Å²) in [4.78, 5) is 52.1. The molecule has 0 saturated carbocycles. The number of benzene rings is 2. The van der Waals surface area contributed by atoms with Crippen LogP contribution in [0.4, 0.5) is 11.4 Å². The van der Waals surface area contributed by atoms with E-state index in [2.05, 4.69) is 5.10 Å². The number of nitrogens with zero attached hydrogens (tertiary/aromatic N) is 4. The Morgan fingerprint density at radius 3 is 2.32 bits per heavy atom. The number of carbonyl (C=O) groups excluding carboxylic acids is 3. The van der Waals surface area contributed by atoms with Crippen LogP contribution in [0.1, 0.15) is 37.9 Å². The molecule has 4 atom stereocenters. The van der Waals surface area contributed by atoms with Gasteiger partial charge in [0.1, 0.15) is 5.60 Å². The van der Waals surface area contributed by atoms with Crippen LogP contribution in [0.2, 0.25) is 0 Å². The minimum Gasteiger partial charge on any atom is -0.458 e. The van der Waals surface area contributed by atoms with Crippen LogP contribution < -0.4 is 4.90 Å². The predicted octanol–water partition coefficient (Wildman–Crippen LogP) is 2.82. The second kappa shape index (κ2) is 7.47. The van der Waals surface area contributed by atoms with Gasteiger partial charge in [-0.1, -0.05) is 24.3 Å². The summed E-state index contributed by atoms with van der Waals surface area (Å²) in [6, 6.07) is 10.9. The molecule has 10 nitrogen and oxygen atoms in total. The second-order valence-electron chi connectivity index (χ2n) is 9.51. The zero-order valence-corrected chi connectivity index (χ0v) is 18.7. The molecule has 0 spiro atoms. The largest absolute Gasteiger partial charge is 0.458 e. The molecular weight excluding hydrogens is 440 g/mol. The molecule has 2 amide bonds. The Morgan fingerprint density at radius 2 is 1.68 bits per heavy atom. The number of imide groups is 1. The van der Waals surface area contributed by atoms with Gasteiger partial charge in [-0.05, 0) is 44.0 Å². The second-order valence-corrected chi connectivity index (χ2v) is 9.51. The normalized spacial score (nSPS) is 25.1. The van der Waals surface area contributed by atoms with Crippen molar-refractivity contribution in [2.75, 3.05) is 4.90 Å². The van der Waals surface area contributed by atoms with Crippen molar-refractivity contribution in [2.24, 2.45) is 16.9 Å². The summed E-state index contributed by atoms with van der Waals surface area (Å²) in [6.07, 6.45) is 1.62. The maximum Gasteiger partial charge on any atom is 0.331 e. The molecule has 2 saturated heterocycles. The lowest BCUT2D eigenvalue weighted by Gasteiger charge is -2.34. The number of non-ortho nitro benzene ring substituents is 1. The van der Waals surface area contributed by atoms with Crippen molar-refractivity contribution in [3.63, 3.8) is 0 Å². The van der Waals surface area contributed by atoms with Crippen LogP contribution in [0.25, 0.3) is 0 Å². The monoisotopic (exact) mass is 462 g/mol. The first-order valence-corrected chi connectivity index (χ1v) is 10.8. The number of amides is 2. The molecule has 3 aliphatic heterocycles. The number of rotatable bonds is 3. The number of nitro benzene ring substituents is 1. The van der Waals surface area contributed by atoms with E-state index in [0.29, 0.717) is 0 Å². The third kappa shape index (κ3) is 3.25. The van der Waals surface area contributed by atoms with Gasteiger partial charge < -0.3 is 4.74 Å². The van der Waals surface area contributed by atoms with E-state index in [1.54, 1.807) is 27.0 Å². The van der Waals surface area contributed by atoms with E-state index in [9.17, 15) is 24.5 Å².